The van der Waals surface area contributed by atoms with Gasteiger partial charge in [0.25, 0.3) is 5.56 Å². The minimum Gasteiger partial charge on any atom is -0.350 e. The van der Waals surface area contributed by atoms with Gasteiger partial charge in [-0.1, -0.05) is 0 Å². The third kappa shape index (κ3) is 3.87. The van der Waals surface area contributed by atoms with Crippen LogP contribution in [0.3, 0.4) is 0 Å². The van der Waals surface area contributed by atoms with Gasteiger partial charge in [-0.2, -0.15) is 0 Å². The van der Waals surface area contributed by atoms with Crippen molar-refractivity contribution >= 4 is 5.82 Å². The highest BCUT2D eigenvalue weighted by atomic mass is 16.1. The molecular weight excluding hydrogens is 316 g/mol. The molecule has 2 aromatic heterocycles. The van der Waals surface area contributed by atoms with Gasteiger partial charge in [-0.15, -0.1) is 0 Å². The Hall–Kier alpha value is -2.28. The van der Waals surface area contributed by atoms with Crippen LogP contribution in [0.15, 0.2) is 42.0 Å². The van der Waals surface area contributed by atoms with Crippen molar-refractivity contribution in [3.05, 3.63) is 47.5 Å². The van der Waals surface area contributed by atoms with Gasteiger partial charge in [-0.3, -0.25) is 9.78 Å². The molecule has 0 radical (unpaired) electrons. The smallest absolute Gasteiger partial charge is 0.269 e. The third-order valence-electron chi connectivity index (χ3n) is 5.18. The number of likely N-dealkylation sites (tertiary alicyclic amines) is 1. The molecule has 0 aromatic carbocycles. The Kier molecular flexibility index (Phi) is 4.74. The van der Waals surface area contributed by atoms with Crippen LogP contribution in [0.4, 0.5) is 5.82 Å². The number of anilines is 1. The summed E-state index contributed by atoms with van der Waals surface area (Å²) in [4.78, 5) is 29.1. The van der Waals surface area contributed by atoms with Crippen LogP contribution in [0.1, 0.15) is 25.7 Å². The molecule has 3 heterocycles. The molecule has 2 aliphatic rings. The summed E-state index contributed by atoms with van der Waals surface area (Å²) < 4.78 is 1.73. The van der Waals surface area contributed by atoms with Gasteiger partial charge in [0.05, 0.1) is 6.20 Å². The topological polar surface area (TPSA) is 67.2 Å². The molecule has 2 aromatic rings. The zero-order chi connectivity index (χ0) is 17.1. The molecular formula is C18H24N6O. The van der Waals surface area contributed by atoms with Crippen molar-refractivity contribution in [3.63, 3.8) is 0 Å². The van der Waals surface area contributed by atoms with E-state index in [1.807, 2.05) is 12.3 Å². The van der Waals surface area contributed by atoms with Crippen molar-refractivity contribution < 1.29 is 0 Å². The van der Waals surface area contributed by atoms with E-state index >= 15 is 0 Å². The molecule has 7 nitrogen and oxygen atoms in total. The molecule has 0 unspecified atom stereocenters. The molecule has 1 aliphatic carbocycles. The molecule has 0 atom stereocenters. The SMILES string of the molecule is O=c1cnccn1CCN1CCC(N(c2ccncn2)C2CC2)CC1. The van der Waals surface area contributed by atoms with E-state index in [0.717, 1.165) is 44.8 Å². The number of nitrogens with zero attached hydrogens (tertiary/aromatic N) is 6. The average molecular weight is 340 g/mol. The maximum Gasteiger partial charge on any atom is 0.269 e. The Morgan fingerprint density at radius 1 is 1.04 bits per heavy atom. The van der Waals surface area contributed by atoms with E-state index in [1.165, 1.54) is 19.0 Å². The Bertz CT molecular complexity index is 736. The van der Waals surface area contributed by atoms with Gasteiger partial charge in [0.15, 0.2) is 0 Å². The Labute approximate surface area is 147 Å². The van der Waals surface area contributed by atoms with E-state index in [2.05, 4.69) is 24.8 Å². The summed E-state index contributed by atoms with van der Waals surface area (Å²) in [5.74, 6) is 1.07. The number of aromatic nitrogens is 4. The lowest BCUT2D eigenvalue weighted by molar-refractivity contribution is 0.200. The van der Waals surface area contributed by atoms with Crippen LogP contribution in [0.2, 0.25) is 0 Å². The van der Waals surface area contributed by atoms with E-state index in [1.54, 1.807) is 23.3 Å². The molecule has 1 aliphatic heterocycles. The molecule has 1 saturated carbocycles. The lowest BCUT2D eigenvalue weighted by atomic mass is 10.0. The van der Waals surface area contributed by atoms with Crippen LogP contribution in [0, 0.1) is 0 Å². The Morgan fingerprint density at radius 2 is 1.84 bits per heavy atom. The van der Waals surface area contributed by atoms with Crippen LogP contribution in [0.25, 0.3) is 0 Å². The second-order valence-corrected chi connectivity index (χ2v) is 6.89. The zero-order valence-corrected chi connectivity index (χ0v) is 14.4. The van der Waals surface area contributed by atoms with E-state index < -0.39 is 0 Å². The summed E-state index contributed by atoms with van der Waals surface area (Å²) >= 11 is 0. The first-order valence-corrected chi connectivity index (χ1v) is 9.08. The van der Waals surface area contributed by atoms with E-state index in [9.17, 15) is 4.79 Å². The molecule has 2 fully saturated rings. The van der Waals surface area contributed by atoms with Crippen molar-refractivity contribution in [1.82, 2.24) is 24.4 Å². The summed E-state index contributed by atoms with van der Waals surface area (Å²) in [5, 5.41) is 0. The molecule has 0 amide bonds. The highest BCUT2D eigenvalue weighted by Crippen LogP contribution is 2.34. The summed E-state index contributed by atoms with van der Waals surface area (Å²) in [6.45, 7) is 3.77. The number of hydrogen-bond donors (Lipinski definition) is 0. The summed E-state index contributed by atoms with van der Waals surface area (Å²) in [5.41, 5.74) is -0.0268. The standard InChI is InChI=1S/C18H24N6O/c25-18-13-19-7-10-23(18)12-11-22-8-4-16(5-9-22)24(15-1-2-15)17-3-6-20-14-21-17/h3,6-7,10,13-16H,1-2,4-5,8-9,11-12H2. The zero-order valence-electron chi connectivity index (χ0n) is 14.4. The first kappa shape index (κ1) is 16.2. The van der Waals surface area contributed by atoms with Crippen molar-refractivity contribution in [1.29, 1.82) is 0 Å². The molecule has 25 heavy (non-hydrogen) atoms. The minimum atomic E-state index is -0.0268. The van der Waals surface area contributed by atoms with Gasteiger partial charge < -0.3 is 14.4 Å². The third-order valence-corrected chi connectivity index (χ3v) is 5.18. The predicted octanol–water partition coefficient (Wildman–Crippen LogP) is 1.17. The molecule has 4 rings (SSSR count). The van der Waals surface area contributed by atoms with E-state index in [0.29, 0.717) is 12.1 Å². The lowest BCUT2D eigenvalue weighted by Crippen LogP contribution is -2.47. The number of rotatable bonds is 6. The van der Waals surface area contributed by atoms with Crippen molar-refractivity contribution in [2.45, 2.75) is 44.3 Å². The van der Waals surface area contributed by atoms with Crippen LogP contribution < -0.4 is 10.5 Å². The van der Waals surface area contributed by atoms with E-state index in [-0.39, 0.29) is 5.56 Å². The normalized spacial score (nSPS) is 19.0. The highest BCUT2D eigenvalue weighted by Gasteiger charge is 2.36. The molecule has 7 heteroatoms. The highest BCUT2D eigenvalue weighted by molar-refractivity contribution is 5.41. The summed E-state index contributed by atoms with van der Waals surface area (Å²) in [6, 6.07) is 3.24. The van der Waals surface area contributed by atoms with Gasteiger partial charge in [-0.05, 0) is 31.7 Å². The van der Waals surface area contributed by atoms with Gasteiger partial charge in [0.2, 0.25) is 0 Å². The first-order valence-electron chi connectivity index (χ1n) is 9.08. The number of piperidine rings is 1. The molecule has 0 N–H and O–H groups in total. The first-order chi connectivity index (χ1) is 12.3. The lowest BCUT2D eigenvalue weighted by Gasteiger charge is -2.39. The van der Waals surface area contributed by atoms with Gasteiger partial charge in [0.1, 0.15) is 12.1 Å². The fraction of sp³-hybridized carbons (Fsp3) is 0.556. The van der Waals surface area contributed by atoms with E-state index in [4.69, 9.17) is 0 Å². The van der Waals surface area contributed by atoms with Crippen LogP contribution in [-0.2, 0) is 6.54 Å². The monoisotopic (exact) mass is 340 g/mol. The minimum absolute atomic E-state index is 0.0268. The van der Waals surface area contributed by atoms with Crippen LogP contribution >= 0.6 is 0 Å². The van der Waals surface area contributed by atoms with Crippen molar-refractivity contribution in [2.24, 2.45) is 0 Å². The Morgan fingerprint density at radius 3 is 2.52 bits per heavy atom. The van der Waals surface area contributed by atoms with Crippen molar-refractivity contribution in [2.75, 3.05) is 24.5 Å². The fourth-order valence-electron chi connectivity index (χ4n) is 3.69. The molecule has 0 spiro atoms. The quantitative estimate of drug-likeness (QED) is 0.786. The Balaban J connectivity index is 1.33. The second-order valence-electron chi connectivity index (χ2n) is 6.89. The summed E-state index contributed by atoms with van der Waals surface area (Å²) in [6.07, 6.45) is 13.1. The van der Waals surface area contributed by atoms with Gasteiger partial charge in [0, 0.05) is 56.9 Å². The van der Waals surface area contributed by atoms with Gasteiger partial charge in [-0.25, -0.2) is 9.97 Å². The second kappa shape index (κ2) is 7.31. The fourth-order valence-corrected chi connectivity index (χ4v) is 3.69. The maximum atomic E-state index is 11.7. The largest absolute Gasteiger partial charge is 0.350 e. The van der Waals surface area contributed by atoms with Crippen molar-refractivity contribution in [3.8, 4) is 0 Å². The molecule has 0 bridgehead atoms. The molecule has 1 saturated heterocycles. The summed E-state index contributed by atoms with van der Waals surface area (Å²) in [7, 11) is 0. The van der Waals surface area contributed by atoms with Crippen LogP contribution in [0.5, 0.6) is 0 Å². The maximum absolute atomic E-state index is 11.7. The average Bonchev–Trinajstić information content (AvgIpc) is 3.48. The number of hydrogen-bond acceptors (Lipinski definition) is 6. The predicted molar refractivity (Wildman–Crippen MR) is 95.5 cm³/mol. The van der Waals surface area contributed by atoms with Crippen LogP contribution in [-0.4, -0.2) is 56.1 Å². The molecule has 132 valence electrons. The van der Waals surface area contributed by atoms with Gasteiger partial charge >= 0.3 is 0 Å².